The number of benzene rings is 5. The number of nitrogens with zero attached hydrogens (tertiary/aromatic N) is 1. The van der Waals surface area contributed by atoms with Crippen LogP contribution in [0.15, 0.2) is 109 Å². The van der Waals surface area contributed by atoms with Crippen LogP contribution in [-0.4, -0.2) is 4.57 Å². The van der Waals surface area contributed by atoms with E-state index in [-0.39, 0.29) is 0 Å². The van der Waals surface area contributed by atoms with Crippen LogP contribution in [0, 0.1) is 0 Å². The van der Waals surface area contributed by atoms with Crippen molar-refractivity contribution in [2.75, 3.05) is 5.73 Å². The topological polar surface area (TPSA) is 30.9 Å². The van der Waals surface area contributed by atoms with Gasteiger partial charge in [0.1, 0.15) is 0 Å². The molecule has 0 fully saturated rings. The third-order valence-electron chi connectivity index (χ3n) is 6.55. The zero-order chi connectivity index (χ0) is 21.9. The quantitative estimate of drug-likeness (QED) is 0.269. The molecule has 2 aromatic heterocycles. The Kier molecular flexibility index (Phi) is 3.90. The van der Waals surface area contributed by atoms with Crippen LogP contribution in [0.4, 0.5) is 5.69 Å². The molecule has 0 radical (unpaired) electrons. The molecule has 0 bridgehead atoms. The molecule has 0 spiro atoms. The summed E-state index contributed by atoms with van der Waals surface area (Å²) in [4.78, 5) is 0. The summed E-state index contributed by atoms with van der Waals surface area (Å²) in [6, 6.07) is 38.8. The number of anilines is 1. The van der Waals surface area contributed by atoms with Crippen molar-refractivity contribution >= 4 is 59.0 Å². The van der Waals surface area contributed by atoms with Crippen molar-refractivity contribution in [3.63, 3.8) is 0 Å². The lowest BCUT2D eigenvalue weighted by atomic mass is 9.97. The number of nitrogen functional groups attached to an aromatic ring is 1. The summed E-state index contributed by atoms with van der Waals surface area (Å²) in [6.07, 6.45) is 0. The molecule has 2 nitrogen and oxygen atoms in total. The van der Waals surface area contributed by atoms with Gasteiger partial charge in [0.05, 0.1) is 11.0 Å². The molecule has 156 valence electrons. The van der Waals surface area contributed by atoms with Crippen molar-refractivity contribution in [1.29, 1.82) is 0 Å². The second-order valence-corrected chi connectivity index (χ2v) is 9.51. The number of aromatic nitrogens is 1. The van der Waals surface area contributed by atoms with E-state index in [1.807, 2.05) is 23.5 Å². The van der Waals surface area contributed by atoms with Gasteiger partial charge in [-0.3, -0.25) is 0 Å². The zero-order valence-corrected chi connectivity index (χ0v) is 18.6. The van der Waals surface area contributed by atoms with Gasteiger partial charge in [-0.25, -0.2) is 0 Å². The first-order valence-electron chi connectivity index (χ1n) is 11.1. The van der Waals surface area contributed by atoms with E-state index in [1.54, 1.807) is 0 Å². The van der Waals surface area contributed by atoms with Crippen LogP contribution >= 0.6 is 11.3 Å². The van der Waals surface area contributed by atoms with Crippen molar-refractivity contribution in [3.8, 4) is 16.8 Å². The van der Waals surface area contributed by atoms with E-state index in [1.165, 1.54) is 53.2 Å². The summed E-state index contributed by atoms with van der Waals surface area (Å²) < 4.78 is 4.96. The standard InChI is InChI=1S/C30H20N2S/c31-25-14-6-4-11-20(25)22-13-8-16-28-30(22)24-17-23-21-12-5-7-15-26(21)32(19-9-2-1-3-10-19)27(23)18-29(24)33-28/h1-18H,31H2. The van der Waals surface area contributed by atoms with Crippen molar-refractivity contribution in [1.82, 2.24) is 4.57 Å². The van der Waals surface area contributed by atoms with E-state index in [0.717, 1.165) is 11.3 Å². The minimum atomic E-state index is 0.811. The summed E-state index contributed by atoms with van der Waals surface area (Å²) in [5, 5.41) is 5.12. The predicted octanol–water partition coefficient (Wildman–Crippen LogP) is 8.40. The number of fused-ring (bicyclic) bond motifs is 6. The van der Waals surface area contributed by atoms with Crippen LogP contribution in [0.2, 0.25) is 0 Å². The Bertz CT molecular complexity index is 1820. The van der Waals surface area contributed by atoms with E-state index >= 15 is 0 Å². The van der Waals surface area contributed by atoms with Gasteiger partial charge in [-0.05, 0) is 48.0 Å². The Morgan fingerprint density at radius 1 is 0.545 bits per heavy atom. The molecular weight excluding hydrogens is 420 g/mol. The molecule has 0 aliphatic rings. The van der Waals surface area contributed by atoms with Crippen molar-refractivity contribution in [2.45, 2.75) is 0 Å². The van der Waals surface area contributed by atoms with Gasteiger partial charge in [-0.15, -0.1) is 11.3 Å². The minimum Gasteiger partial charge on any atom is -0.398 e. The molecule has 33 heavy (non-hydrogen) atoms. The van der Waals surface area contributed by atoms with Crippen LogP contribution in [0.3, 0.4) is 0 Å². The van der Waals surface area contributed by atoms with E-state index in [2.05, 4.69) is 102 Å². The van der Waals surface area contributed by atoms with Crippen LogP contribution in [-0.2, 0) is 0 Å². The predicted molar refractivity (Wildman–Crippen MR) is 144 cm³/mol. The van der Waals surface area contributed by atoms with Crippen LogP contribution < -0.4 is 5.73 Å². The maximum atomic E-state index is 6.39. The van der Waals surface area contributed by atoms with Gasteiger partial charge in [0, 0.05) is 47.9 Å². The summed E-state index contributed by atoms with van der Waals surface area (Å²) >= 11 is 1.85. The number of nitrogens with two attached hydrogens (primary N) is 1. The Balaban J connectivity index is 1.64. The summed E-state index contributed by atoms with van der Waals surface area (Å²) in [5.41, 5.74) is 13.1. The zero-order valence-electron chi connectivity index (χ0n) is 17.8. The maximum absolute atomic E-state index is 6.39. The lowest BCUT2D eigenvalue weighted by molar-refractivity contribution is 1.18. The molecule has 0 amide bonds. The van der Waals surface area contributed by atoms with Crippen molar-refractivity contribution in [2.24, 2.45) is 0 Å². The fraction of sp³-hybridized carbons (Fsp3) is 0. The number of rotatable bonds is 2. The normalized spacial score (nSPS) is 11.8. The third-order valence-corrected chi connectivity index (χ3v) is 7.67. The van der Waals surface area contributed by atoms with Crippen molar-refractivity contribution in [3.05, 3.63) is 109 Å². The maximum Gasteiger partial charge on any atom is 0.0555 e. The molecule has 2 heterocycles. The molecule has 0 saturated carbocycles. The van der Waals surface area contributed by atoms with Crippen LogP contribution in [0.5, 0.6) is 0 Å². The highest BCUT2D eigenvalue weighted by atomic mass is 32.1. The lowest BCUT2D eigenvalue weighted by Gasteiger charge is -2.08. The van der Waals surface area contributed by atoms with Crippen LogP contribution in [0.25, 0.3) is 58.8 Å². The fourth-order valence-electron chi connectivity index (χ4n) is 5.11. The van der Waals surface area contributed by atoms with E-state index in [4.69, 9.17) is 5.73 Å². The van der Waals surface area contributed by atoms with Gasteiger partial charge in [0.2, 0.25) is 0 Å². The lowest BCUT2D eigenvalue weighted by Crippen LogP contribution is -1.92. The first-order chi connectivity index (χ1) is 16.3. The first-order valence-corrected chi connectivity index (χ1v) is 11.9. The summed E-state index contributed by atoms with van der Waals surface area (Å²) in [7, 11) is 0. The third kappa shape index (κ3) is 2.66. The molecule has 0 atom stereocenters. The molecule has 0 aliphatic heterocycles. The monoisotopic (exact) mass is 440 g/mol. The molecule has 0 aliphatic carbocycles. The van der Waals surface area contributed by atoms with E-state index in [0.29, 0.717) is 0 Å². The summed E-state index contributed by atoms with van der Waals surface area (Å²) in [5.74, 6) is 0. The van der Waals surface area contributed by atoms with Gasteiger partial charge < -0.3 is 10.3 Å². The molecule has 7 aromatic rings. The van der Waals surface area contributed by atoms with Gasteiger partial charge in [-0.1, -0.05) is 66.7 Å². The number of hydrogen-bond donors (Lipinski definition) is 1. The molecule has 7 rings (SSSR count). The molecule has 0 unspecified atom stereocenters. The number of hydrogen-bond acceptors (Lipinski definition) is 2. The second kappa shape index (κ2) is 6.96. The van der Waals surface area contributed by atoms with E-state index < -0.39 is 0 Å². The molecular formula is C30H20N2S. The van der Waals surface area contributed by atoms with E-state index in [9.17, 15) is 0 Å². The fourth-order valence-corrected chi connectivity index (χ4v) is 6.26. The van der Waals surface area contributed by atoms with Gasteiger partial charge in [0.15, 0.2) is 0 Å². The van der Waals surface area contributed by atoms with Gasteiger partial charge >= 0.3 is 0 Å². The first kappa shape index (κ1) is 18.5. The molecule has 0 saturated heterocycles. The van der Waals surface area contributed by atoms with Crippen LogP contribution in [0.1, 0.15) is 0 Å². The van der Waals surface area contributed by atoms with Crippen molar-refractivity contribution < 1.29 is 0 Å². The smallest absolute Gasteiger partial charge is 0.0555 e. The molecule has 5 aromatic carbocycles. The Morgan fingerprint density at radius 3 is 2.18 bits per heavy atom. The molecule has 2 N–H and O–H groups in total. The SMILES string of the molecule is Nc1ccccc1-c1cccc2sc3cc4c(cc3c12)c1ccccc1n4-c1ccccc1. The highest BCUT2D eigenvalue weighted by Crippen LogP contribution is 2.44. The Morgan fingerprint density at radius 2 is 1.30 bits per heavy atom. The second-order valence-electron chi connectivity index (χ2n) is 8.42. The average molecular weight is 441 g/mol. The largest absolute Gasteiger partial charge is 0.398 e. The number of para-hydroxylation sites is 3. The minimum absolute atomic E-state index is 0.811. The Labute approximate surface area is 195 Å². The van der Waals surface area contributed by atoms with Gasteiger partial charge in [-0.2, -0.15) is 0 Å². The Hall–Kier alpha value is -4.08. The average Bonchev–Trinajstić information content (AvgIpc) is 3.38. The van der Waals surface area contributed by atoms with Gasteiger partial charge in [0.25, 0.3) is 0 Å². The highest BCUT2D eigenvalue weighted by molar-refractivity contribution is 7.26. The number of thiophene rings is 1. The summed E-state index contributed by atoms with van der Waals surface area (Å²) in [6.45, 7) is 0. The highest BCUT2D eigenvalue weighted by Gasteiger charge is 2.17. The molecule has 3 heteroatoms.